The summed E-state index contributed by atoms with van der Waals surface area (Å²) in [5.41, 5.74) is 5.93. The molecule has 15 heteroatoms. The van der Waals surface area contributed by atoms with Crippen LogP contribution in [0.2, 0.25) is 0 Å². The number of carbonyl (C=O) groups excluding carboxylic acids is 2. The summed E-state index contributed by atoms with van der Waals surface area (Å²) in [6.45, 7) is 0. The number of carbonyl (C=O) groups is 3. The van der Waals surface area contributed by atoms with Gasteiger partial charge in [0.05, 0.1) is 6.20 Å². The van der Waals surface area contributed by atoms with Crippen molar-refractivity contribution in [2.75, 3.05) is 11.5 Å². The molecule has 6 N–H and O–H groups in total. The summed E-state index contributed by atoms with van der Waals surface area (Å²) in [4.78, 5) is 42.7. The molecule has 0 saturated carbocycles. The van der Waals surface area contributed by atoms with Gasteiger partial charge in [-0.25, -0.2) is 9.78 Å². The smallest absolute Gasteiger partial charge is 0.353 e. The van der Waals surface area contributed by atoms with Crippen LogP contribution < -0.4 is 11.1 Å². The predicted molar refractivity (Wildman–Crippen MR) is 120 cm³/mol. The van der Waals surface area contributed by atoms with Crippen molar-refractivity contribution >= 4 is 69.6 Å². The molecular formula is C17H15N7O5S3. The van der Waals surface area contributed by atoms with Gasteiger partial charge in [0.25, 0.3) is 11.8 Å². The zero-order valence-corrected chi connectivity index (χ0v) is 18.4. The number of amides is 2. The number of anilines is 1. The number of oxime groups is 1. The van der Waals surface area contributed by atoms with E-state index in [1.807, 2.05) is 0 Å². The first kappa shape index (κ1) is 21.9. The maximum absolute atomic E-state index is 12.7. The van der Waals surface area contributed by atoms with E-state index in [-0.39, 0.29) is 22.2 Å². The quantitative estimate of drug-likeness (QED) is 0.159. The van der Waals surface area contributed by atoms with Crippen molar-refractivity contribution in [1.82, 2.24) is 25.4 Å². The number of thiazole rings is 1. The van der Waals surface area contributed by atoms with E-state index in [4.69, 9.17) is 5.73 Å². The van der Waals surface area contributed by atoms with Crippen molar-refractivity contribution in [3.8, 4) is 0 Å². The summed E-state index contributed by atoms with van der Waals surface area (Å²) >= 11 is 3.59. The lowest BCUT2D eigenvalue weighted by atomic mass is 10.0. The van der Waals surface area contributed by atoms with Gasteiger partial charge >= 0.3 is 5.97 Å². The standard InChI is InChI=1S/C17H15N7O5S3/c18-17-21-8(5-32-17)10(23-29)13(25)22-11-14(26)24-12(16(27)28)9(6-31-15(11)24)30-2-1-7-3-19-20-4-7/h1-5,11,15,29H,6H2,(H2,18,21)(H,19,20)(H,22,25)(H,27,28)/b2-1-,23-10-/t11-,15-/m1/s1. The number of thioether (sulfide) groups is 2. The van der Waals surface area contributed by atoms with Gasteiger partial charge in [-0.1, -0.05) is 16.9 Å². The first-order chi connectivity index (χ1) is 15.4. The number of carboxylic acids is 1. The number of hydrogen-bond acceptors (Lipinski definition) is 11. The van der Waals surface area contributed by atoms with Crippen LogP contribution in [-0.2, 0) is 14.4 Å². The van der Waals surface area contributed by atoms with Crippen LogP contribution in [0.4, 0.5) is 5.13 Å². The average molecular weight is 494 g/mol. The second-order valence-corrected chi connectivity index (χ2v) is 9.41. The van der Waals surface area contributed by atoms with E-state index in [1.54, 1.807) is 23.9 Å². The lowest BCUT2D eigenvalue weighted by Gasteiger charge is -2.49. The summed E-state index contributed by atoms with van der Waals surface area (Å²) in [5, 5.41) is 33.6. The summed E-state index contributed by atoms with van der Waals surface area (Å²) < 4.78 is 0. The van der Waals surface area contributed by atoms with Crippen LogP contribution in [0.3, 0.4) is 0 Å². The second-order valence-electron chi connectivity index (χ2n) is 6.41. The van der Waals surface area contributed by atoms with Crippen molar-refractivity contribution < 1.29 is 24.7 Å². The molecule has 2 aliphatic rings. The molecule has 12 nitrogen and oxygen atoms in total. The van der Waals surface area contributed by atoms with Crippen LogP contribution in [0, 0.1) is 0 Å². The highest BCUT2D eigenvalue weighted by Gasteiger charge is 2.54. The van der Waals surface area contributed by atoms with Gasteiger partial charge in [-0.3, -0.25) is 19.6 Å². The Kier molecular flexibility index (Phi) is 6.20. The summed E-state index contributed by atoms with van der Waals surface area (Å²) in [6, 6.07) is -0.970. The number of carboxylic acid groups (broad SMARTS) is 1. The molecule has 32 heavy (non-hydrogen) atoms. The molecule has 2 aliphatic heterocycles. The normalized spacial score (nSPS) is 20.9. The molecule has 1 saturated heterocycles. The maximum atomic E-state index is 12.7. The first-order valence-electron chi connectivity index (χ1n) is 8.88. The van der Waals surface area contributed by atoms with Gasteiger partial charge in [-0.05, 0) is 11.5 Å². The number of β-lactam (4-membered cyclic amide) rings is 1. The number of rotatable bonds is 7. The largest absolute Gasteiger partial charge is 0.477 e. The number of fused-ring (bicyclic) bond motifs is 1. The van der Waals surface area contributed by atoms with E-state index >= 15 is 0 Å². The Morgan fingerprint density at radius 3 is 2.91 bits per heavy atom. The summed E-state index contributed by atoms with van der Waals surface area (Å²) in [7, 11) is 0. The molecule has 0 radical (unpaired) electrons. The van der Waals surface area contributed by atoms with Crippen molar-refractivity contribution in [2.45, 2.75) is 11.4 Å². The minimum absolute atomic E-state index is 0.0710. The highest BCUT2D eigenvalue weighted by atomic mass is 32.2. The highest BCUT2D eigenvalue weighted by molar-refractivity contribution is 8.08. The van der Waals surface area contributed by atoms with Gasteiger partial charge in [0, 0.05) is 27.8 Å². The number of H-pyrrole nitrogens is 1. The molecule has 0 unspecified atom stereocenters. The van der Waals surface area contributed by atoms with Gasteiger partial charge in [0.2, 0.25) is 0 Å². The molecule has 2 atom stereocenters. The van der Waals surface area contributed by atoms with Crippen LogP contribution in [-0.4, -0.2) is 71.1 Å². The number of nitrogens with two attached hydrogens (primary N) is 1. The first-order valence-corrected chi connectivity index (χ1v) is 11.7. The van der Waals surface area contributed by atoms with Crippen molar-refractivity contribution in [3.05, 3.63) is 45.0 Å². The SMILES string of the molecule is Nc1nc(/C(=N/O)C(=O)N[C@@H]2C(=O)N3C(C(=O)O)=C(S/C=C\c4cn[nH]c4)CS[C@H]23)cs1. The molecule has 2 aromatic heterocycles. The van der Waals surface area contributed by atoms with Crippen LogP contribution in [0.1, 0.15) is 11.3 Å². The molecule has 0 aliphatic carbocycles. The Labute approximate surface area is 192 Å². The lowest BCUT2D eigenvalue weighted by molar-refractivity contribution is -0.150. The van der Waals surface area contributed by atoms with E-state index in [0.717, 1.165) is 21.8 Å². The van der Waals surface area contributed by atoms with E-state index in [2.05, 4.69) is 25.7 Å². The van der Waals surface area contributed by atoms with Gasteiger partial charge in [-0.15, -0.1) is 23.1 Å². The minimum Gasteiger partial charge on any atom is -0.477 e. The van der Waals surface area contributed by atoms with E-state index in [1.165, 1.54) is 28.9 Å². The fraction of sp³-hybridized carbons (Fsp3) is 0.176. The number of aliphatic carboxylic acids is 1. The Balaban J connectivity index is 1.48. The molecule has 4 rings (SSSR count). The number of aromatic amines is 1. The average Bonchev–Trinajstić information content (AvgIpc) is 3.44. The third kappa shape index (κ3) is 4.09. The number of nitrogens with zero attached hydrogens (tertiary/aromatic N) is 4. The topological polar surface area (TPSA) is 187 Å². The van der Waals surface area contributed by atoms with Gasteiger partial charge in [0.15, 0.2) is 10.8 Å². The van der Waals surface area contributed by atoms with Crippen LogP contribution in [0.25, 0.3) is 6.08 Å². The van der Waals surface area contributed by atoms with E-state index in [9.17, 15) is 24.7 Å². The zero-order chi connectivity index (χ0) is 22.8. The third-order valence-electron chi connectivity index (χ3n) is 4.49. The molecule has 4 heterocycles. The van der Waals surface area contributed by atoms with E-state index < -0.39 is 29.2 Å². The Bertz CT molecular complexity index is 1160. The maximum Gasteiger partial charge on any atom is 0.353 e. The fourth-order valence-electron chi connectivity index (χ4n) is 3.05. The monoisotopic (exact) mass is 493 g/mol. The third-order valence-corrected chi connectivity index (χ3v) is 7.52. The van der Waals surface area contributed by atoms with Gasteiger partial charge < -0.3 is 21.4 Å². The lowest BCUT2D eigenvalue weighted by Crippen LogP contribution is -2.71. The molecule has 0 bridgehead atoms. The number of hydrogen-bond donors (Lipinski definition) is 5. The molecule has 2 aromatic rings. The van der Waals surface area contributed by atoms with Gasteiger partial charge in [-0.2, -0.15) is 5.10 Å². The van der Waals surface area contributed by atoms with E-state index in [0.29, 0.717) is 10.7 Å². The van der Waals surface area contributed by atoms with Gasteiger partial charge in [0.1, 0.15) is 22.8 Å². The Hall–Kier alpha value is -3.30. The minimum atomic E-state index is -1.23. The fourth-order valence-corrected chi connectivity index (χ4v) is 5.95. The van der Waals surface area contributed by atoms with Crippen LogP contribution in [0.15, 0.2) is 38.9 Å². The second kappa shape index (κ2) is 9.05. The Morgan fingerprint density at radius 2 is 2.28 bits per heavy atom. The highest BCUT2D eigenvalue weighted by Crippen LogP contribution is 2.43. The molecule has 2 amide bonds. The van der Waals surface area contributed by atoms with Crippen molar-refractivity contribution in [1.29, 1.82) is 0 Å². The summed E-state index contributed by atoms with van der Waals surface area (Å²) in [5.74, 6) is -2.28. The van der Waals surface area contributed by atoms with Crippen molar-refractivity contribution in [2.24, 2.45) is 5.16 Å². The summed E-state index contributed by atoms with van der Waals surface area (Å²) in [6.07, 6.45) is 5.07. The number of nitrogens with one attached hydrogen (secondary N) is 2. The molecule has 0 aromatic carbocycles. The zero-order valence-electron chi connectivity index (χ0n) is 16.0. The molecule has 166 valence electrons. The molecule has 1 fully saturated rings. The van der Waals surface area contributed by atoms with Crippen LogP contribution >= 0.6 is 34.9 Å². The Morgan fingerprint density at radius 1 is 1.47 bits per heavy atom. The molecular weight excluding hydrogens is 478 g/mol. The van der Waals surface area contributed by atoms with Crippen molar-refractivity contribution in [3.63, 3.8) is 0 Å². The number of nitrogen functional groups attached to an aromatic ring is 1. The predicted octanol–water partition coefficient (Wildman–Crippen LogP) is 0.727. The van der Waals surface area contributed by atoms with Crippen LogP contribution in [0.5, 0.6) is 0 Å². The number of aromatic nitrogens is 3. The molecule has 0 spiro atoms.